The summed E-state index contributed by atoms with van der Waals surface area (Å²) < 4.78 is 5.78. The lowest BCUT2D eigenvalue weighted by atomic mass is 10.2. The van der Waals surface area contributed by atoms with E-state index >= 15 is 0 Å². The second kappa shape index (κ2) is 11.6. The van der Waals surface area contributed by atoms with E-state index in [9.17, 15) is 9.59 Å². The highest BCUT2D eigenvalue weighted by Crippen LogP contribution is 2.28. The summed E-state index contributed by atoms with van der Waals surface area (Å²) in [6.45, 7) is 1.84. The van der Waals surface area contributed by atoms with Gasteiger partial charge >= 0.3 is 0 Å². The van der Waals surface area contributed by atoms with E-state index in [0.717, 1.165) is 10.6 Å². The van der Waals surface area contributed by atoms with Crippen LogP contribution in [0.25, 0.3) is 0 Å². The summed E-state index contributed by atoms with van der Waals surface area (Å²) in [7, 11) is 0. The topological polar surface area (TPSA) is 67.4 Å². The summed E-state index contributed by atoms with van der Waals surface area (Å²) in [6.07, 6.45) is 0. The average molecular weight is 503 g/mol. The Bertz CT molecular complexity index is 1310. The van der Waals surface area contributed by atoms with Crippen molar-refractivity contribution in [2.45, 2.75) is 17.1 Å². The lowest BCUT2D eigenvalue weighted by Crippen LogP contribution is -2.22. The zero-order chi connectivity index (χ0) is 24.6. The minimum atomic E-state index is -0.353. The third kappa shape index (κ3) is 7.12. The second-order valence-electron chi connectivity index (χ2n) is 7.68. The Labute approximate surface area is 213 Å². The monoisotopic (exact) mass is 502 g/mol. The molecule has 176 valence electrons. The summed E-state index contributed by atoms with van der Waals surface area (Å²) in [5.74, 6) is 1.06. The molecule has 5 nitrogen and oxygen atoms in total. The molecule has 0 heterocycles. The lowest BCUT2D eigenvalue weighted by Gasteiger charge is -2.13. The maximum Gasteiger partial charge on any atom is 0.255 e. The Morgan fingerprint density at radius 3 is 2.23 bits per heavy atom. The van der Waals surface area contributed by atoms with Gasteiger partial charge in [0.25, 0.3) is 5.91 Å². The van der Waals surface area contributed by atoms with Crippen molar-refractivity contribution in [2.75, 3.05) is 10.6 Å². The van der Waals surface area contributed by atoms with Crippen LogP contribution in [0.4, 0.5) is 11.4 Å². The van der Waals surface area contributed by atoms with Crippen molar-refractivity contribution in [2.24, 2.45) is 0 Å². The van der Waals surface area contributed by atoms with Gasteiger partial charge in [0.05, 0.1) is 5.25 Å². The highest BCUT2D eigenvalue weighted by molar-refractivity contribution is 8.00. The molecule has 0 aromatic heterocycles. The Morgan fingerprint density at radius 1 is 0.771 bits per heavy atom. The van der Waals surface area contributed by atoms with E-state index in [-0.39, 0.29) is 17.1 Å². The standard InChI is InChI=1S/C28H23ClN2O3S/c1-19(27(32)30-22-13-15-25(16-14-22)34-24-10-3-2-4-11-24)35-26-12-6-9-23(18-26)31-28(33)20-7-5-8-21(29)17-20/h2-19H,1H3,(H,30,32)(H,31,33). The van der Waals surface area contributed by atoms with Crippen LogP contribution in [0.3, 0.4) is 0 Å². The number of rotatable bonds is 8. The minimum absolute atomic E-state index is 0.125. The van der Waals surface area contributed by atoms with Crippen LogP contribution in [0.1, 0.15) is 17.3 Å². The number of carbonyl (C=O) groups excluding carboxylic acids is 2. The van der Waals surface area contributed by atoms with Crippen molar-refractivity contribution < 1.29 is 14.3 Å². The van der Waals surface area contributed by atoms with Crippen molar-refractivity contribution in [3.8, 4) is 11.5 Å². The number of ether oxygens (including phenoxy) is 1. The van der Waals surface area contributed by atoms with Gasteiger partial charge in [-0.3, -0.25) is 9.59 Å². The van der Waals surface area contributed by atoms with E-state index in [1.54, 1.807) is 42.5 Å². The number of para-hydroxylation sites is 1. The molecule has 0 aliphatic rings. The normalized spacial score (nSPS) is 11.4. The molecule has 0 fully saturated rings. The zero-order valence-corrected chi connectivity index (χ0v) is 20.5. The van der Waals surface area contributed by atoms with Crippen molar-refractivity contribution in [1.82, 2.24) is 0 Å². The van der Waals surface area contributed by atoms with Crippen LogP contribution in [0.15, 0.2) is 108 Å². The van der Waals surface area contributed by atoms with Crippen molar-refractivity contribution in [3.63, 3.8) is 0 Å². The Kier molecular flexibility index (Phi) is 8.08. The molecule has 4 aromatic rings. The molecule has 7 heteroatoms. The molecule has 0 saturated carbocycles. The van der Waals surface area contributed by atoms with Crippen molar-refractivity contribution >= 4 is 46.6 Å². The Balaban J connectivity index is 1.32. The first kappa shape index (κ1) is 24.4. The molecule has 0 aliphatic heterocycles. The van der Waals surface area contributed by atoms with Gasteiger partial charge in [-0.25, -0.2) is 0 Å². The van der Waals surface area contributed by atoms with Crippen molar-refractivity contribution in [3.05, 3.63) is 114 Å². The highest BCUT2D eigenvalue weighted by Gasteiger charge is 2.15. The van der Waals surface area contributed by atoms with E-state index in [2.05, 4.69) is 10.6 Å². The minimum Gasteiger partial charge on any atom is -0.457 e. The smallest absolute Gasteiger partial charge is 0.255 e. The van der Waals surface area contributed by atoms with Crippen LogP contribution in [-0.4, -0.2) is 17.1 Å². The lowest BCUT2D eigenvalue weighted by molar-refractivity contribution is -0.115. The van der Waals surface area contributed by atoms with Gasteiger partial charge in [0.2, 0.25) is 5.91 Å². The molecular weight excluding hydrogens is 480 g/mol. The molecule has 4 rings (SSSR count). The fourth-order valence-electron chi connectivity index (χ4n) is 3.21. The first-order valence-corrected chi connectivity index (χ1v) is 12.2. The number of hydrogen-bond donors (Lipinski definition) is 2. The SMILES string of the molecule is CC(Sc1cccc(NC(=O)c2cccc(Cl)c2)c1)C(=O)Nc1ccc(Oc2ccccc2)cc1. The molecule has 0 spiro atoms. The van der Waals surface area contributed by atoms with Gasteiger partial charge in [-0.15, -0.1) is 11.8 Å². The molecule has 0 aliphatic carbocycles. The molecule has 1 unspecified atom stereocenters. The number of amides is 2. The summed E-state index contributed by atoms with van der Waals surface area (Å²) in [5, 5.41) is 5.94. The number of benzene rings is 4. The molecule has 35 heavy (non-hydrogen) atoms. The van der Waals surface area contributed by atoms with E-state index < -0.39 is 0 Å². The average Bonchev–Trinajstić information content (AvgIpc) is 2.86. The largest absolute Gasteiger partial charge is 0.457 e. The molecule has 2 N–H and O–H groups in total. The molecule has 0 saturated heterocycles. The van der Waals surface area contributed by atoms with Crippen LogP contribution >= 0.6 is 23.4 Å². The number of halogens is 1. The maximum atomic E-state index is 12.7. The Morgan fingerprint density at radius 2 is 1.49 bits per heavy atom. The number of nitrogens with one attached hydrogen (secondary N) is 2. The predicted molar refractivity (Wildman–Crippen MR) is 143 cm³/mol. The summed E-state index contributed by atoms with van der Waals surface area (Å²) in [4.78, 5) is 26.1. The fourth-order valence-corrected chi connectivity index (χ4v) is 4.33. The molecule has 0 bridgehead atoms. The van der Waals surface area contributed by atoms with Gasteiger partial charge in [-0.1, -0.05) is 41.9 Å². The molecular formula is C28H23ClN2O3S. The molecule has 0 radical (unpaired) electrons. The van der Waals surface area contributed by atoms with E-state index in [1.165, 1.54) is 11.8 Å². The number of anilines is 2. The van der Waals surface area contributed by atoms with E-state index in [4.69, 9.17) is 16.3 Å². The van der Waals surface area contributed by atoms with Gasteiger partial charge in [-0.05, 0) is 79.7 Å². The summed E-state index contributed by atoms with van der Waals surface area (Å²) in [6, 6.07) is 30.9. The first-order chi connectivity index (χ1) is 17.0. The maximum absolute atomic E-state index is 12.7. The highest BCUT2D eigenvalue weighted by atomic mass is 35.5. The van der Waals surface area contributed by atoms with Gasteiger partial charge in [0.15, 0.2) is 0 Å². The zero-order valence-electron chi connectivity index (χ0n) is 18.9. The van der Waals surface area contributed by atoms with Crippen LogP contribution in [0, 0.1) is 0 Å². The number of carbonyl (C=O) groups is 2. The molecule has 1 atom stereocenters. The first-order valence-electron chi connectivity index (χ1n) is 10.9. The predicted octanol–water partition coefficient (Wildman–Crippen LogP) is 7.50. The third-order valence-electron chi connectivity index (χ3n) is 4.96. The fraction of sp³-hybridized carbons (Fsp3) is 0.0714. The summed E-state index contributed by atoms with van der Waals surface area (Å²) >= 11 is 7.38. The third-order valence-corrected chi connectivity index (χ3v) is 6.29. The molecule has 4 aromatic carbocycles. The van der Waals surface area contributed by atoms with Gasteiger partial charge in [-0.2, -0.15) is 0 Å². The van der Waals surface area contributed by atoms with Gasteiger partial charge in [0.1, 0.15) is 11.5 Å². The van der Waals surface area contributed by atoms with E-state index in [0.29, 0.717) is 27.7 Å². The van der Waals surface area contributed by atoms with Crippen molar-refractivity contribution in [1.29, 1.82) is 0 Å². The van der Waals surface area contributed by atoms with Gasteiger partial charge < -0.3 is 15.4 Å². The van der Waals surface area contributed by atoms with E-state index in [1.807, 2.05) is 67.6 Å². The van der Waals surface area contributed by atoms with Gasteiger partial charge in [0, 0.05) is 26.9 Å². The second-order valence-corrected chi connectivity index (χ2v) is 9.53. The van der Waals surface area contributed by atoms with Crippen LogP contribution in [0.2, 0.25) is 5.02 Å². The quantitative estimate of drug-likeness (QED) is 0.245. The number of hydrogen-bond acceptors (Lipinski definition) is 4. The van der Waals surface area contributed by atoms with Crippen LogP contribution in [-0.2, 0) is 4.79 Å². The van der Waals surface area contributed by atoms with Crippen LogP contribution < -0.4 is 15.4 Å². The molecule has 2 amide bonds. The van der Waals surface area contributed by atoms with Crippen LogP contribution in [0.5, 0.6) is 11.5 Å². The summed E-state index contributed by atoms with van der Waals surface area (Å²) in [5.41, 5.74) is 1.80. The number of thioether (sulfide) groups is 1. The Hall–Kier alpha value is -3.74.